The number of hydrogen-bond acceptors (Lipinski definition) is 4. The van der Waals surface area contributed by atoms with E-state index < -0.39 is 5.91 Å². The van der Waals surface area contributed by atoms with Gasteiger partial charge in [0.05, 0.1) is 20.8 Å². The van der Waals surface area contributed by atoms with Crippen molar-refractivity contribution in [2.45, 2.75) is 20.3 Å². The third-order valence-corrected chi connectivity index (χ3v) is 6.84. The van der Waals surface area contributed by atoms with Gasteiger partial charge >= 0.3 is 0 Å². The Kier molecular flexibility index (Phi) is 7.95. The highest BCUT2D eigenvalue weighted by Gasteiger charge is 2.23. The molecule has 4 rings (SSSR count). The summed E-state index contributed by atoms with van der Waals surface area (Å²) in [5.41, 5.74) is 2.15. The SMILES string of the molecule is CC(C)CC(=O)N1CCN(c2ccc(NC(=O)c3ccc(-c4ccc(Cl)c(Cl)c4)o3)cc2Cl)CC1. The van der Waals surface area contributed by atoms with Crippen LogP contribution in [0.15, 0.2) is 52.9 Å². The maximum atomic E-state index is 12.7. The van der Waals surface area contributed by atoms with Gasteiger partial charge in [0.2, 0.25) is 5.91 Å². The average Bonchev–Trinajstić information content (AvgIpc) is 3.31. The van der Waals surface area contributed by atoms with Crippen LogP contribution >= 0.6 is 34.8 Å². The molecule has 0 bridgehead atoms. The van der Waals surface area contributed by atoms with Crippen molar-refractivity contribution < 1.29 is 14.0 Å². The molecule has 9 heteroatoms. The summed E-state index contributed by atoms with van der Waals surface area (Å²) in [5.74, 6) is 0.824. The number of hydrogen-bond donors (Lipinski definition) is 1. The fourth-order valence-corrected chi connectivity index (χ4v) is 4.57. The van der Waals surface area contributed by atoms with Crippen LogP contribution < -0.4 is 10.2 Å². The quantitative estimate of drug-likeness (QED) is 0.375. The number of anilines is 2. The molecular formula is C26H26Cl3N3O3. The minimum Gasteiger partial charge on any atom is -0.451 e. The largest absolute Gasteiger partial charge is 0.451 e. The van der Waals surface area contributed by atoms with Crippen molar-refractivity contribution >= 4 is 58.0 Å². The molecule has 0 unspecified atom stereocenters. The summed E-state index contributed by atoms with van der Waals surface area (Å²) in [4.78, 5) is 29.1. The molecule has 0 atom stereocenters. The zero-order valence-corrected chi connectivity index (χ0v) is 21.8. The summed E-state index contributed by atoms with van der Waals surface area (Å²) in [6.07, 6.45) is 0.569. The van der Waals surface area contributed by atoms with Crippen molar-refractivity contribution in [1.29, 1.82) is 0 Å². The number of furan rings is 1. The molecule has 0 saturated carbocycles. The smallest absolute Gasteiger partial charge is 0.291 e. The van der Waals surface area contributed by atoms with E-state index in [1.807, 2.05) is 11.0 Å². The van der Waals surface area contributed by atoms with Crippen molar-refractivity contribution in [2.24, 2.45) is 5.92 Å². The summed E-state index contributed by atoms with van der Waals surface area (Å²) < 4.78 is 5.71. The van der Waals surface area contributed by atoms with Gasteiger partial charge in [-0.05, 0) is 54.4 Å². The molecule has 1 fully saturated rings. The first-order chi connectivity index (χ1) is 16.7. The van der Waals surface area contributed by atoms with E-state index in [0.717, 1.165) is 11.3 Å². The predicted molar refractivity (Wildman–Crippen MR) is 142 cm³/mol. The predicted octanol–water partition coefficient (Wildman–Crippen LogP) is 6.85. The normalized spacial score (nSPS) is 13.9. The zero-order chi connectivity index (χ0) is 25.1. The molecule has 1 N–H and O–H groups in total. The van der Waals surface area contributed by atoms with Gasteiger partial charge in [0.25, 0.3) is 5.91 Å². The number of benzene rings is 2. The summed E-state index contributed by atoms with van der Waals surface area (Å²) >= 11 is 18.6. The molecular weight excluding hydrogens is 509 g/mol. The number of halogens is 3. The van der Waals surface area contributed by atoms with Gasteiger partial charge in [0.15, 0.2) is 5.76 Å². The van der Waals surface area contributed by atoms with Crippen molar-refractivity contribution in [3.63, 3.8) is 0 Å². The van der Waals surface area contributed by atoms with E-state index in [1.165, 1.54) is 0 Å². The van der Waals surface area contributed by atoms with Gasteiger partial charge in [0, 0.05) is 43.9 Å². The Balaban J connectivity index is 1.38. The molecule has 2 heterocycles. The molecule has 0 spiro atoms. The van der Waals surface area contributed by atoms with Gasteiger partial charge in [-0.15, -0.1) is 0 Å². The van der Waals surface area contributed by atoms with E-state index >= 15 is 0 Å². The number of carbonyl (C=O) groups excluding carboxylic acids is 2. The fourth-order valence-electron chi connectivity index (χ4n) is 3.97. The third-order valence-electron chi connectivity index (χ3n) is 5.80. The molecule has 0 radical (unpaired) electrons. The Morgan fingerprint density at radius 3 is 2.31 bits per heavy atom. The van der Waals surface area contributed by atoms with Crippen molar-refractivity contribution in [3.05, 3.63) is 69.4 Å². The summed E-state index contributed by atoms with van der Waals surface area (Å²) in [7, 11) is 0. The molecule has 1 aromatic heterocycles. The van der Waals surface area contributed by atoms with Crippen LogP contribution in [0.5, 0.6) is 0 Å². The lowest BCUT2D eigenvalue weighted by Gasteiger charge is -2.36. The first-order valence-electron chi connectivity index (χ1n) is 11.4. The number of amides is 2. The van der Waals surface area contributed by atoms with Gasteiger partial charge < -0.3 is 19.5 Å². The van der Waals surface area contributed by atoms with Crippen LogP contribution in [0.25, 0.3) is 11.3 Å². The monoisotopic (exact) mass is 533 g/mol. The number of nitrogens with one attached hydrogen (secondary N) is 1. The third kappa shape index (κ3) is 6.13. The molecule has 35 heavy (non-hydrogen) atoms. The second-order valence-corrected chi connectivity index (χ2v) is 10.1. The lowest BCUT2D eigenvalue weighted by molar-refractivity contribution is -0.132. The van der Waals surface area contributed by atoms with E-state index in [0.29, 0.717) is 65.0 Å². The van der Waals surface area contributed by atoms with Crippen LogP contribution in [0, 0.1) is 5.92 Å². The van der Waals surface area contributed by atoms with Gasteiger partial charge in [0.1, 0.15) is 5.76 Å². The summed E-state index contributed by atoms with van der Waals surface area (Å²) in [6.45, 7) is 6.85. The van der Waals surface area contributed by atoms with E-state index in [2.05, 4.69) is 24.1 Å². The highest BCUT2D eigenvalue weighted by Crippen LogP contribution is 2.32. The lowest BCUT2D eigenvalue weighted by atomic mass is 10.1. The topological polar surface area (TPSA) is 65.8 Å². The molecule has 1 saturated heterocycles. The maximum absolute atomic E-state index is 12.7. The second-order valence-electron chi connectivity index (χ2n) is 8.88. The molecule has 0 aliphatic carbocycles. The molecule has 2 amide bonds. The van der Waals surface area contributed by atoms with Crippen molar-refractivity contribution in [2.75, 3.05) is 36.4 Å². The van der Waals surface area contributed by atoms with E-state index in [-0.39, 0.29) is 11.7 Å². The van der Waals surface area contributed by atoms with E-state index in [1.54, 1.807) is 42.5 Å². The van der Waals surface area contributed by atoms with Crippen LogP contribution in [-0.2, 0) is 4.79 Å². The summed E-state index contributed by atoms with van der Waals surface area (Å²) in [6, 6.07) is 13.8. The lowest BCUT2D eigenvalue weighted by Crippen LogP contribution is -2.49. The maximum Gasteiger partial charge on any atom is 0.291 e. The van der Waals surface area contributed by atoms with Gasteiger partial charge in [-0.25, -0.2) is 0 Å². The highest BCUT2D eigenvalue weighted by molar-refractivity contribution is 6.42. The first-order valence-corrected chi connectivity index (χ1v) is 12.5. The van der Waals surface area contributed by atoms with Gasteiger partial charge in [-0.1, -0.05) is 48.7 Å². The zero-order valence-electron chi connectivity index (χ0n) is 19.5. The van der Waals surface area contributed by atoms with Crippen molar-refractivity contribution in [1.82, 2.24) is 4.90 Å². The van der Waals surface area contributed by atoms with Crippen LogP contribution in [0.4, 0.5) is 11.4 Å². The first kappa shape index (κ1) is 25.4. The van der Waals surface area contributed by atoms with E-state index in [9.17, 15) is 9.59 Å². The van der Waals surface area contributed by atoms with Gasteiger partial charge in [-0.3, -0.25) is 9.59 Å². The number of carbonyl (C=O) groups is 2. The molecule has 184 valence electrons. The summed E-state index contributed by atoms with van der Waals surface area (Å²) in [5, 5.41) is 4.20. The van der Waals surface area contributed by atoms with Crippen LogP contribution in [0.2, 0.25) is 15.1 Å². The fraction of sp³-hybridized carbons (Fsp3) is 0.308. The Labute approximate surface area is 219 Å². The Hall–Kier alpha value is -2.67. The molecule has 1 aliphatic heterocycles. The van der Waals surface area contributed by atoms with Gasteiger partial charge in [-0.2, -0.15) is 0 Å². The number of rotatable bonds is 6. The molecule has 1 aliphatic rings. The van der Waals surface area contributed by atoms with Crippen LogP contribution in [0.1, 0.15) is 30.8 Å². The minimum absolute atomic E-state index is 0.161. The highest BCUT2D eigenvalue weighted by atomic mass is 35.5. The Morgan fingerprint density at radius 2 is 1.66 bits per heavy atom. The van der Waals surface area contributed by atoms with E-state index in [4.69, 9.17) is 39.2 Å². The molecule has 6 nitrogen and oxygen atoms in total. The molecule has 3 aromatic rings. The Bertz CT molecular complexity index is 1230. The number of piperazine rings is 1. The second kappa shape index (κ2) is 10.9. The average molecular weight is 535 g/mol. The van der Waals surface area contributed by atoms with Crippen molar-refractivity contribution in [3.8, 4) is 11.3 Å². The standard InChI is InChI=1S/C26H26Cl3N3O3/c1-16(2)13-25(33)32-11-9-31(10-12-32)22-6-4-18(15-21(22)29)30-26(34)24-8-7-23(35-24)17-3-5-19(27)20(28)14-17/h3-8,14-16H,9-13H2,1-2H3,(H,30,34). The number of nitrogens with zero attached hydrogens (tertiary/aromatic N) is 2. The van der Waals surface area contributed by atoms with Crippen LogP contribution in [-0.4, -0.2) is 42.9 Å². The minimum atomic E-state index is -0.391. The molecule has 2 aromatic carbocycles. The van der Waals surface area contributed by atoms with Crippen LogP contribution in [0.3, 0.4) is 0 Å². The Morgan fingerprint density at radius 1 is 0.914 bits per heavy atom.